The van der Waals surface area contributed by atoms with Gasteiger partial charge in [0.1, 0.15) is 0 Å². The minimum Gasteiger partial charge on any atom is -0.458 e. The van der Waals surface area contributed by atoms with Crippen LogP contribution in [-0.4, -0.2) is 39.1 Å². The summed E-state index contributed by atoms with van der Waals surface area (Å²) in [4.78, 5) is 21.7. The summed E-state index contributed by atoms with van der Waals surface area (Å²) >= 11 is 0. The first-order chi connectivity index (χ1) is 6.99. The predicted molar refractivity (Wildman–Crippen MR) is 49.2 cm³/mol. The summed E-state index contributed by atoms with van der Waals surface area (Å²) < 4.78 is 29.1. The number of esters is 2. The van der Waals surface area contributed by atoms with E-state index in [4.69, 9.17) is 0 Å². The molecule has 0 bridgehead atoms. The Kier molecular flexibility index (Phi) is 6.15. The van der Waals surface area contributed by atoms with E-state index in [0.717, 1.165) is 14.2 Å². The van der Waals surface area contributed by atoms with Crippen LogP contribution in [0.15, 0.2) is 0 Å². The van der Waals surface area contributed by atoms with Crippen molar-refractivity contribution in [3.05, 3.63) is 0 Å². The first-order valence-corrected chi connectivity index (χ1v) is 5.76. The van der Waals surface area contributed by atoms with Crippen LogP contribution in [0.5, 0.6) is 0 Å². The van der Waals surface area contributed by atoms with Crippen LogP contribution < -0.4 is 0 Å². The molecule has 0 saturated carbocycles. The Hall–Kier alpha value is -0.910. The van der Waals surface area contributed by atoms with Crippen molar-refractivity contribution in [3.8, 4) is 0 Å². The van der Waals surface area contributed by atoms with E-state index in [1.807, 2.05) is 0 Å². The molecule has 0 aromatic heterocycles. The molecule has 0 aliphatic carbocycles. The van der Waals surface area contributed by atoms with Gasteiger partial charge < -0.3 is 18.5 Å². The number of carbonyl (C=O) groups excluding carboxylic acids is 2. The Morgan fingerprint density at radius 3 is 1.93 bits per heavy atom. The molecule has 0 atom stereocenters. The Balaban J connectivity index is 4.10. The third kappa shape index (κ3) is 4.92. The van der Waals surface area contributed by atoms with Gasteiger partial charge in [0.15, 0.2) is 6.35 Å². The van der Waals surface area contributed by atoms with Crippen LogP contribution in [0.4, 0.5) is 0 Å². The molecular formula is C7H13O7P. The van der Waals surface area contributed by atoms with Crippen molar-refractivity contribution < 1.29 is 32.7 Å². The number of hydrogen-bond acceptors (Lipinski definition) is 7. The normalized spacial score (nSPS) is 10.9. The van der Waals surface area contributed by atoms with Crippen LogP contribution in [0.1, 0.15) is 6.92 Å². The highest BCUT2D eigenvalue weighted by Crippen LogP contribution is 2.45. The number of carbonyl (C=O) groups is 2. The Morgan fingerprint density at radius 2 is 1.53 bits per heavy atom. The van der Waals surface area contributed by atoms with Crippen molar-refractivity contribution in [1.29, 1.82) is 0 Å². The van der Waals surface area contributed by atoms with E-state index < -0.39 is 25.9 Å². The van der Waals surface area contributed by atoms with Gasteiger partial charge in [-0.1, -0.05) is 0 Å². The predicted octanol–water partition coefficient (Wildman–Crippen LogP) is 0.536. The zero-order valence-corrected chi connectivity index (χ0v) is 9.61. The lowest BCUT2D eigenvalue weighted by molar-refractivity contribution is -0.166. The van der Waals surface area contributed by atoms with E-state index in [9.17, 15) is 14.2 Å². The second-order valence-electron chi connectivity index (χ2n) is 2.26. The highest BCUT2D eigenvalue weighted by Gasteiger charge is 2.26. The Labute approximate surface area is 87.2 Å². The van der Waals surface area contributed by atoms with Gasteiger partial charge in [-0.2, -0.15) is 0 Å². The van der Waals surface area contributed by atoms with E-state index in [0.29, 0.717) is 0 Å². The lowest BCUT2D eigenvalue weighted by atomic mass is 10.7. The lowest BCUT2D eigenvalue weighted by Gasteiger charge is -2.12. The van der Waals surface area contributed by atoms with E-state index in [2.05, 4.69) is 18.5 Å². The third-order valence-corrected chi connectivity index (χ3v) is 2.91. The van der Waals surface area contributed by atoms with Gasteiger partial charge in [0.25, 0.3) is 0 Å². The molecule has 7 nitrogen and oxygen atoms in total. The SMILES string of the molecule is CCOC(=O)C(=O)OCP(=O)(OC)OC. The molecule has 0 amide bonds. The molecule has 0 aliphatic heterocycles. The standard InChI is InChI=1S/C7H13O7P/c1-4-13-6(8)7(9)14-5-15(10,11-2)12-3/h4-5H2,1-3H3. The summed E-state index contributed by atoms with van der Waals surface area (Å²) in [5.41, 5.74) is 0. The minimum absolute atomic E-state index is 0.0557. The summed E-state index contributed by atoms with van der Waals surface area (Å²) in [5, 5.41) is 0. The van der Waals surface area contributed by atoms with Crippen LogP contribution in [0.2, 0.25) is 0 Å². The molecule has 0 spiro atoms. The molecular weight excluding hydrogens is 227 g/mol. The van der Waals surface area contributed by atoms with Crippen molar-refractivity contribution in [2.24, 2.45) is 0 Å². The van der Waals surface area contributed by atoms with Crippen molar-refractivity contribution >= 4 is 19.5 Å². The van der Waals surface area contributed by atoms with E-state index in [-0.39, 0.29) is 6.61 Å². The first kappa shape index (κ1) is 14.1. The second-order valence-corrected chi connectivity index (χ2v) is 4.47. The van der Waals surface area contributed by atoms with Gasteiger partial charge in [-0.3, -0.25) is 4.57 Å². The molecule has 0 fully saturated rings. The van der Waals surface area contributed by atoms with Gasteiger partial charge in [-0.15, -0.1) is 0 Å². The van der Waals surface area contributed by atoms with Crippen molar-refractivity contribution in [3.63, 3.8) is 0 Å². The van der Waals surface area contributed by atoms with Crippen LogP contribution in [0.25, 0.3) is 0 Å². The van der Waals surface area contributed by atoms with Crippen LogP contribution >= 0.6 is 7.60 Å². The van der Waals surface area contributed by atoms with Gasteiger partial charge in [0, 0.05) is 14.2 Å². The maximum atomic E-state index is 11.4. The molecule has 0 heterocycles. The zero-order valence-electron chi connectivity index (χ0n) is 8.72. The molecule has 8 heteroatoms. The van der Waals surface area contributed by atoms with Crippen molar-refractivity contribution in [1.82, 2.24) is 0 Å². The minimum atomic E-state index is -3.44. The first-order valence-electron chi connectivity index (χ1n) is 4.03. The quantitative estimate of drug-likeness (QED) is 0.393. The molecule has 0 radical (unpaired) electrons. The van der Waals surface area contributed by atoms with Crippen LogP contribution in [0, 0.1) is 0 Å². The Morgan fingerprint density at radius 1 is 1.07 bits per heavy atom. The molecule has 0 aromatic rings. The van der Waals surface area contributed by atoms with Crippen LogP contribution in [-0.2, 0) is 32.7 Å². The van der Waals surface area contributed by atoms with Gasteiger partial charge in [-0.25, -0.2) is 9.59 Å². The summed E-state index contributed by atoms with van der Waals surface area (Å²) in [6, 6.07) is 0. The lowest BCUT2D eigenvalue weighted by Crippen LogP contribution is -2.21. The van der Waals surface area contributed by atoms with E-state index in [1.165, 1.54) is 0 Å². The van der Waals surface area contributed by atoms with Crippen LogP contribution in [0.3, 0.4) is 0 Å². The summed E-state index contributed by atoms with van der Waals surface area (Å²) in [6.45, 7) is 1.60. The molecule has 0 aromatic carbocycles. The zero-order chi connectivity index (χ0) is 11.9. The Bertz CT molecular complexity index is 267. The largest absolute Gasteiger partial charge is 0.458 e. The topological polar surface area (TPSA) is 88.1 Å². The maximum Gasteiger partial charge on any atom is 0.418 e. The maximum absolute atomic E-state index is 11.4. The molecule has 0 N–H and O–H groups in total. The second kappa shape index (κ2) is 6.55. The third-order valence-electron chi connectivity index (χ3n) is 1.35. The molecule has 0 aliphatic rings. The van der Waals surface area contributed by atoms with Crippen molar-refractivity contribution in [2.75, 3.05) is 27.2 Å². The fourth-order valence-electron chi connectivity index (χ4n) is 0.567. The molecule has 0 saturated heterocycles. The fraction of sp³-hybridized carbons (Fsp3) is 0.714. The van der Waals surface area contributed by atoms with Gasteiger partial charge in [0.05, 0.1) is 6.61 Å². The number of hydrogen-bond donors (Lipinski definition) is 0. The molecule has 0 rings (SSSR count). The summed E-state index contributed by atoms with van der Waals surface area (Å²) in [5.74, 6) is -2.37. The summed E-state index contributed by atoms with van der Waals surface area (Å²) in [6.07, 6.45) is -0.627. The summed E-state index contributed by atoms with van der Waals surface area (Å²) in [7, 11) is -1.16. The average molecular weight is 240 g/mol. The molecule has 0 unspecified atom stereocenters. The molecule has 15 heavy (non-hydrogen) atoms. The van der Waals surface area contributed by atoms with E-state index in [1.54, 1.807) is 6.92 Å². The highest BCUT2D eigenvalue weighted by atomic mass is 31.2. The fourth-order valence-corrected chi connectivity index (χ4v) is 1.20. The highest BCUT2D eigenvalue weighted by molar-refractivity contribution is 7.53. The van der Waals surface area contributed by atoms with Gasteiger partial charge in [-0.05, 0) is 6.92 Å². The van der Waals surface area contributed by atoms with Gasteiger partial charge in [0.2, 0.25) is 0 Å². The average Bonchev–Trinajstić information content (AvgIpc) is 2.25. The van der Waals surface area contributed by atoms with E-state index >= 15 is 0 Å². The number of ether oxygens (including phenoxy) is 2. The smallest absolute Gasteiger partial charge is 0.418 e. The monoisotopic (exact) mass is 240 g/mol. The number of rotatable bonds is 5. The molecule has 88 valence electrons. The van der Waals surface area contributed by atoms with Gasteiger partial charge >= 0.3 is 19.5 Å². The van der Waals surface area contributed by atoms with Crippen molar-refractivity contribution in [2.45, 2.75) is 6.92 Å².